The maximum absolute atomic E-state index is 13.1. The van der Waals surface area contributed by atoms with Gasteiger partial charge in [0.25, 0.3) is 0 Å². The summed E-state index contributed by atoms with van der Waals surface area (Å²) in [6, 6.07) is 10.8. The Morgan fingerprint density at radius 2 is 1.52 bits per heavy atom. The summed E-state index contributed by atoms with van der Waals surface area (Å²) in [6.45, 7) is 2.07. The van der Waals surface area contributed by atoms with Gasteiger partial charge in [-0.1, -0.05) is 37.3 Å². The fourth-order valence-corrected chi connectivity index (χ4v) is 3.71. The molecule has 3 nitrogen and oxygen atoms in total. The molecule has 1 atom stereocenters. The Bertz CT molecular complexity index is 950. The molecule has 0 aromatic heterocycles. The van der Waals surface area contributed by atoms with Crippen LogP contribution in [0.2, 0.25) is 0 Å². The summed E-state index contributed by atoms with van der Waals surface area (Å²) in [4.78, 5) is 6.77. The standard InChI is InChI=1S/C22H22F6N2O.C2H2/c1-3-19-29-20(13-30(19)2,16-7-5-4-6-8-16)14-31-12-15-9-17(21(23,24)25)11-18(10-15)22(26,27)28;1-2/h4-11H,3,12-14H2,1-2H3;1-2H/t20-;/m1./s1. The van der Waals surface area contributed by atoms with E-state index in [9.17, 15) is 26.3 Å². The molecule has 3 rings (SSSR count). The minimum atomic E-state index is -4.89. The highest BCUT2D eigenvalue weighted by atomic mass is 19.4. The van der Waals surface area contributed by atoms with E-state index in [-0.39, 0.29) is 18.2 Å². The van der Waals surface area contributed by atoms with Crippen molar-refractivity contribution >= 4 is 5.84 Å². The SMILES string of the molecule is C#C.CCC1=N[C@](COCc2cc(C(F)(F)F)cc(C(F)(F)F)c2)(c2ccccc2)CN1C. The van der Waals surface area contributed by atoms with Gasteiger partial charge in [0.2, 0.25) is 0 Å². The quantitative estimate of drug-likeness (QED) is 0.374. The topological polar surface area (TPSA) is 24.8 Å². The molecule has 2 aromatic rings. The number of benzene rings is 2. The summed E-state index contributed by atoms with van der Waals surface area (Å²) < 4.78 is 84.1. The molecule has 1 aliphatic rings. The Hall–Kier alpha value is -2.99. The lowest BCUT2D eigenvalue weighted by molar-refractivity contribution is -0.143. The van der Waals surface area contributed by atoms with E-state index in [2.05, 4.69) is 12.8 Å². The van der Waals surface area contributed by atoms with Gasteiger partial charge in [0.05, 0.1) is 36.7 Å². The fourth-order valence-electron chi connectivity index (χ4n) is 3.71. The largest absolute Gasteiger partial charge is 0.416 e. The second kappa shape index (κ2) is 10.3. The van der Waals surface area contributed by atoms with E-state index in [4.69, 9.17) is 9.73 Å². The van der Waals surface area contributed by atoms with Crippen LogP contribution in [-0.2, 0) is 29.2 Å². The van der Waals surface area contributed by atoms with Gasteiger partial charge in [-0.25, -0.2) is 0 Å². The molecule has 9 heteroatoms. The van der Waals surface area contributed by atoms with E-state index >= 15 is 0 Å². The van der Waals surface area contributed by atoms with E-state index < -0.39 is 35.6 Å². The number of aliphatic imine (C=N–C) groups is 1. The molecule has 33 heavy (non-hydrogen) atoms. The Kier molecular flexibility index (Phi) is 8.20. The van der Waals surface area contributed by atoms with Crippen molar-refractivity contribution in [2.45, 2.75) is 37.8 Å². The van der Waals surface area contributed by atoms with Crippen LogP contribution in [0.5, 0.6) is 0 Å². The molecule has 178 valence electrons. The molecule has 0 radical (unpaired) electrons. The summed E-state index contributed by atoms with van der Waals surface area (Å²) in [6.07, 6.45) is -1.10. The lowest BCUT2D eigenvalue weighted by Gasteiger charge is -2.27. The third kappa shape index (κ3) is 6.29. The van der Waals surface area contributed by atoms with E-state index in [1.807, 2.05) is 49.2 Å². The third-order valence-electron chi connectivity index (χ3n) is 5.17. The number of amidine groups is 1. The first-order valence-corrected chi connectivity index (χ1v) is 9.99. The lowest BCUT2D eigenvalue weighted by atomic mass is 9.92. The van der Waals surface area contributed by atoms with Gasteiger partial charge in [-0.3, -0.25) is 4.99 Å². The maximum atomic E-state index is 13.1. The molecule has 0 amide bonds. The predicted molar refractivity (Wildman–Crippen MR) is 114 cm³/mol. The number of hydrogen-bond acceptors (Lipinski definition) is 3. The first-order chi connectivity index (χ1) is 15.4. The molecule has 0 saturated carbocycles. The summed E-state index contributed by atoms with van der Waals surface area (Å²) in [5.41, 5.74) is -2.83. The van der Waals surface area contributed by atoms with Gasteiger partial charge in [-0.15, -0.1) is 12.8 Å². The molecule has 1 heterocycles. The average molecular weight is 470 g/mol. The van der Waals surface area contributed by atoms with Crippen molar-refractivity contribution in [3.63, 3.8) is 0 Å². The van der Waals surface area contributed by atoms with Crippen LogP contribution in [0.15, 0.2) is 53.5 Å². The van der Waals surface area contributed by atoms with E-state index in [1.165, 1.54) is 0 Å². The maximum Gasteiger partial charge on any atom is 0.416 e. The summed E-state index contributed by atoms with van der Waals surface area (Å²) in [7, 11) is 1.88. The Morgan fingerprint density at radius 1 is 0.970 bits per heavy atom. The Morgan fingerprint density at radius 3 is 1.97 bits per heavy atom. The first-order valence-electron chi connectivity index (χ1n) is 9.99. The highest BCUT2D eigenvalue weighted by Crippen LogP contribution is 2.37. The van der Waals surface area contributed by atoms with Crippen LogP contribution in [0.25, 0.3) is 0 Å². The zero-order valence-electron chi connectivity index (χ0n) is 18.2. The number of ether oxygens (including phenoxy) is 1. The van der Waals surface area contributed by atoms with E-state index in [0.717, 1.165) is 11.4 Å². The van der Waals surface area contributed by atoms with Crippen LogP contribution in [0.3, 0.4) is 0 Å². The number of alkyl halides is 6. The van der Waals surface area contributed by atoms with Gasteiger partial charge in [0.1, 0.15) is 5.54 Å². The molecular formula is C24H24F6N2O. The number of rotatable bonds is 6. The first kappa shape index (κ1) is 26.3. The number of halogens is 6. The smallest absolute Gasteiger partial charge is 0.374 e. The molecule has 2 aromatic carbocycles. The molecule has 0 spiro atoms. The van der Waals surface area contributed by atoms with Gasteiger partial charge in [0, 0.05) is 13.5 Å². The number of terminal acetylenes is 1. The van der Waals surface area contributed by atoms with Crippen LogP contribution < -0.4 is 0 Å². The number of likely N-dealkylation sites (N-methyl/N-ethyl adjacent to an activating group) is 1. The minimum absolute atomic E-state index is 0.0163. The van der Waals surface area contributed by atoms with Crippen molar-refractivity contribution in [3.05, 3.63) is 70.8 Å². The van der Waals surface area contributed by atoms with Gasteiger partial charge >= 0.3 is 12.4 Å². The lowest BCUT2D eigenvalue weighted by Crippen LogP contribution is -2.36. The Balaban J connectivity index is 0.00000187. The van der Waals surface area contributed by atoms with Crippen molar-refractivity contribution in [3.8, 4) is 12.8 Å². The van der Waals surface area contributed by atoms with E-state index in [1.54, 1.807) is 0 Å². The molecular weight excluding hydrogens is 446 g/mol. The van der Waals surface area contributed by atoms with Crippen molar-refractivity contribution in [2.75, 3.05) is 20.2 Å². The molecule has 0 unspecified atom stereocenters. The monoisotopic (exact) mass is 470 g/mol. The van der Waals surface area contributed by atoms with Crippen LogP contribution in [-0.4, -0.2) is 30.9 Å². The summed E-state index contributed by atoms with van der Waals surface area (Å²) in [5, 5.41) is 0. The van der Waals surface area contributed by atoms with Crippen LogP contribution >= 0.6 is 0 Å². The number of hydrogen-bond donors (Lipinski definition) is 0. The van der Waals surface area contributed by atoms with Crippen molar-refractivity contribution in [2.24, 2.45) is 4.99 Å². The van der Waals surface area contributed by atoms with Gasteiger partial charge in [0.15, 0.2) is 0 Å². The molecule has 0 saturated heterocycles. The third-order valence-corrected chi connectivity index (χ3v) is 5.17. The van der Waals surface area contributed by atoms with Gasteiger partial charge in [-0.2, -0.15) is 26.3 Å². The van der Waals surface area contributed by atoms with Gasteiger partial charge < -0.3 is 9.64 Å². The predicted octanol–water partition coefficient (Wildman–Crippen LogP) is 6.14. The molecule has 0 aliphatic carbocycles. The number of nitrogens with zero attached hydrogens (tertiary/aromatic N) is 2. The van der Waals surface area contributed by atoms with Crippen molar-refractivity contribution < 1.29 is 31.1 Å². The highest BCUT2D eigenvalue weighted by Gasteiger charge is 2.40. The summed E-state index contributed by atoms with van der Waals surface area (Å²) >= 11 is 0. The second-order valence-corrected chi connectivity index (χ2v) is 7.54. The highest BCUT2D eigenvalue weighted by molar-refractivity contribution is 5.84. The minimum Gasteiger partial charge on any atom is -0.374 e. The second-order valence-electron chi connectivity index (χ2n) is 7.54. The van der Waals surface area contributed by atoms with Crippen LogP contribution in [0.4, 0.5) is 26.3 Å². The molecule has 0 fully saturated rings. The van der Waals surface area contributed by atoms with Crippen LogP contribution in [0.1, 0.15) is 35.6 Å². The average Bonchev–Trinajstić information content (AvgIpc) is 3.11. The van der Waals surface area contributed by atoms with Crippen LogP contribution in [0, 0.1) is 12.8 Å². The zero-order valence-corrected chi connectivity index (χ0v) is 18.2. The fraction of sp³-hybridized carbons (Fsp3) is 0.375. The normalized spacial score (nSPS) is 18.5. The zero-order chi connectivity index (χ0) is 24.9. The van der Waals surface area contributed by atoms with Gasteiger partial charge in [-0.05, 0) is 29.3 Å². The molecule has 0 bridgehead atoms. The Labute approximate surface area is 189 Å². The van der Waals surface area contributed by atoms with Crippen molar-refractivity contribution in [1.82, 2.24) is 4.90 Å². The molecule has 1 aliphatic heterocycles. The van der Waals surface area contributed by atoms with E-state index in [0.29, 0.717) is 25.1 Å². The molecule has 0 N–H and O–H groups in total. The summed E-state index contributed by atoms with van der Waals surface area (Å²) in [5.74, 6) is 0.853. The van der Waals surface area contributed by atoms with Crippen molar-refractivity contribution in [1.29, 1.82) is 0 Å².